The molecule has 1 aliphatic rings. The van der Waals surface area contributed by atoms with E-state index >= 15 is 0 Å². The average Bonchev–Trinajstić information content (AvgIpc) is 3.16. The lowest BCUT2D eigenvalue weighted by molar-refractivity contribution is 0.384. The van der Waals surface area contributed by atoms with E-state index in [1.165, 1.54) is 4.31 Å². The van der Waals surface area contributed by atoms with Crippen LogP contribution in [-0.2, 0) is 10.0 Å². The standard InChI is InChI=1S/C17H16ClN5O2S2/c18-15-4-6-17(26-15)27(24,25)23-10-8-22(9-11-23)16-5-3-14(20-21-16)13-2-1-7-19-12-13/h1-7,12H,8-11H2. The number of halogens is 1. The summed E-state index contributed by atoms with van der Waals surface area (Å²) in [6, 6.07) is 10.7. The molecule has 0 unspecified atom stereocenters. The number of thiophene rings is 1. The predicted octanol–water partition coefficient (Wildman–Crippen LogP) is 2.76. The first kappa shape index (κ1) is 18.3. The number of sulfonamides is 1. The minimum atomic E-state index is -3.49. The molecular formula is C17H16ClN5O2S2. The second kappa shape index (κ2) is 7.51. The zero-order valence-electron chi connectivity index (χ0n) is 14.2. The zero-order valence-corrected chi connectivity index (χ0v) is 16.6. The normalized spacial score (nSPS) is 15.8. The molecule has 3 aromatic rings. The molecule has 1 saturated heterocycles. The number of nitrogens with zero attached hydrogens (tertiary/aromatic N) is 5. The largest absolute Gasteiger partial charge is 0.352 e. The third-order valence-corrected chi connectivity index (χ3v) is 7.91. The molecule has 4 rings (SSSR count). The van der Waals surface area contributed by atoms with Crippen LogP contribution in [0.2, 0.25) is 4.34 Å². The van der Waals surface area contributed by atoms with Crippen molar-refractivity contribution in [3.63, 3.8) is 0 Å². The Morgan fingerprint density at radius 2 is 1.81 bits per heavy atom. The summed E-state index contributed by atoms with van der Waals surface area (Å²) in [5.41, 5.74) is 1.66. The van der Waals surface area contributed by atoms with E-state index in [2.05, 4.69) is 15.2 Å². The van der Waals surface area contributed by atoms with E-state index in [1.807, 2.05) is 29.2 Å². The molecule has 1 aliphatic heterocycles. The highest BCUT2D eigenvalue weighted by molar-refractivity contribution is 7.91. The van der Waals surface area contributed by atoms with Gasteiger partial charge in [0.1, 0.15) is 4.21 Å². The van der Waals surface area contributed by atoms with Gasteiger partial charge in [0.15, 0.2) is 5.82 Å². The van der Waals surface area contributed by atoms with Crippen LogP contribution in [0.4, 0.5) is 5.82 Å². The number of rotatable bonds is 4. The van der Waals surface area contributed by atoms with E-state index in [4.69, 9.17) is 11.6 Å². The van der Waals surface area contributed by atoms with Gasteiger partial charge in [0, 0.05) is 44.1 Å². The summed E-state index contributed by atoms with van der Waals surface area (Å²) in [7, 11) is -3.49. The van der Waals surface area contributed by atoms with Crippen molar-refractivity contribution in [3.05, 3.63) is 53.1 Å². The SMILES string of the molecule is O=S(=O)(c1ccc(Cl)s1)N1CCN(c2ccc(-c3cccnc3)nn2)CC1. The van der Waals surface area contributed by atoms with E-state index in [-0.39, 0.29) is 4.21 Å². The van der Waals surface area contributed by atoms with Gasteiger partial charge in [-0.15, -0.1) is 21.5 Å². The van der Waals surface area contributed by atoms with E-state index < -0.39 is 10.0 Å². The van der Waals surface area contributed by atoms with Crippen LogP contribution in [-0.4, -0.2) is 54.1 Å². The molecule has 7 nitrogen and oxygen atoms in total. The van der Waals surface area contributed by atoms with Crippen molar-refractivity contribution in [1.82, 2.24) is 19.5 Å². The third kappa shape index (κ3) is 3.81. The van der Waals surface area contributed by atoms with Crippen LogP contribution in [0, 0.1) is 0 Å². The third-order valence-electron chi connectivity index (χ3n) is 4.31. The molecule has 140 valence electrons. The minimum absolute atomic E-state index is 0.279. The first-order chi connectivity index (χ1) is 13.0. The molecule has 0 bridgehead atoms. The maximum absolute atomic E-state index is 12.7. The summed E-state index contributed by atoms with van der Waals surface area (Å²) < 4.78 is 27.6. The van der Waals surface area contributed by atoms with Gasteiger partial charge >= 0.3 is 0 Å². The predicted molar refractivity (Wildman–Crippen MR) is 106 cm³/mol. The number of anilines is 1. The topological polar surface area (TPSA) is 79.3 Å². The Labute approximate surface area is 166 Å². The number of hydrogen-bond donors (Lipinski definition) is 0. The Bertz CT molecular complexity index is 1020. The molecular weight excluding hydrogens is 406 g/mol. The molecule has 0 aromatic carbocycles. The Balaban J connectivity index is 1.43. The lowest BCUT2D eigenvalue weighted by Crippen LogP contribution is -2.48. The Kier molecular flexibility index (Phi) is 5.09. The van der Waals surface area contributed by atoms with E-state index in [1.54, 1.807) is 24.5 Å². The molecule has 4 heterocycles. The molecule has 3 aromatic heterocycles. The van der Waals surface area contributed by atoms with Crippen molar-refractivity contribution in [3.8, 4) is 11.3 Å². The van der Waals surface area contributed by atoms with E-state index in [9.17, 15) is 8.42 Å². The fraction of sp³-hybridized carbons (Fsp3) is 0.235. The summed E-state index contributed by atoms with van der Waals surface area (Å²) in [4.78, 5) is 6.12. The zero-order chi connectivity index (χ0) is 18.9. The molecule has 0 N–H and O–H groups in total. The molecule has 0 radical (unpaired) electrons. The average molecular weight is 422 g/mol. The van der Waals surface area contributed by atoms with Crippen LogP contribution >= 0.6 is 22.9 Å². The minimum Gasteiger partial charge on any atom is -0.352 e. The Hall–Kier alpha value is -2.07. The summed E-state index contributed by atoms with van der Waals surface area (Å²) in [5.74, 6) is 0.735. The maximum Gasteiger partial charge on any atom is 0.252 e. The summed E-state index contributed by atoms with van der Waals surface area (Å²) >= 11 is 6.95. The monoisotopic (exact) mass is 421 g/mol. The van der Waals surface area contributed by atoms with Gasteiger partial charge in [-0.2, -0.15) is 4.31 Å². The van der Waals surface area contributed by atoms with Crippen LogP contribution in [0.3, 0.4) is 0 Å². The molecule has 0 atom stereocenters. The summed E-state index contributed by atoms with van der Waals surface area (Å²) in [6.45, 7) is 1.90. The second-order valence-corrected chi connectivity index (χ2v) is 9.85. The fourth-order valence-corrected chi connectivity index (χ4v) is 5.94. The summed E-state index contributed by atoms with van der Waals surface area (Å²) in [5, 5.41) is 8.56. The van der Waals surface area contributed by atoms with Crippen molar-refractivity contribution in [1.29, 1.82) is 0 Å². The number of hydrogen-bond acceptors (Lipinski definition) is 7. The van der Waals surface area contributed by atoms with Crippen LogP contribution in [0.1, 0.15) is 0 Å². The van der Waals surface area contributed by atoms with Gasteiger partial charge in [-0.05, 0) is 36.4 Å². The number of pyridine rings is 1. The smallest absolute Gasteiger partial charge is 0.252 e. The van der Waals surface area contributed by atoms with Gasteiger partial charge in [-0.3, -0.25) is 4.98 Å². The maximum atomic E-state index is 12.7. The molecule has 0 spiro atoms. The van der Waals surface area contributed by atoms with Gasteiger partial charge in [-0.1, -0.05) is 11.6 Å². The molecule has 27 heavy (non-hydrogen) atoms. The first-order valence-electron chi connectivity index (χ1n) is 8.28. The number of aromatic nitrogens is 3. The highest BCUT2D eigenvalue weighted by Gasteiger charge is 2.30. The van der Waals surface area contributed by atoms with Crippen molar-refractivity contribution < 1.29 is 8.42 Å². The van der Waals surface area contributed by atoms with Gasteiger partial charge in [0.25, 0.3) is 10.0 Å². The summed E-state index contributed by atoms with van der Waals surface area (Å²) in [6.07, 6.45) is 3.45. The lowest BCUT2D eigenvalue weighted by Gasteiger charge is -2.34. The van der Waals surface area contributed by atoms with Crippen molar-refractivity contribution >= 4 is 38.8 Å². The van der Waals surface area contributed by atoms with Crippen molar-refractivity contribution in [2.75, 3.05) is 31.1 Å². The van der Waals surface area contributed by atoms with Gasteiger partial charge < -0.3 is 4.90 Å². The van der Waals surface area contributed by atoms with Crippen molar-refractivity contribution in [2.45, 2.75) is 4.21 Å². The molecule has 0 amide bonds. The quantitative estimate of drug-likeness (QED) is 0.644. The molecule has 1 fully saturated rings. The Morgan fingerprint density at radius 3 is 2.41 bits per heavy atom. The van der Waals surface area contributed by atoms with Crippen LogP contribution in [0.25, 0.3) is 11.3 Å². The van der Waals surface area contributed by atoms with E-state index in [0.29, 0.717) is 30.5 Å². The van der Waals surface area contributed by atoms with Crippen LogP contribution in [0.5, 0.6) is 0 Å². The highest BCUT2D eigenvalue weighted by atomic mass is 35.5. The second-order valence-electron chi connectivity index (χ2n) is 5.97. The molecule has 0 aliphatic carbocycles. The molecule has 0 saturated carbocycles. The first-order valence-corrected chi connectivity index (χ1v) is 10.9. The van der Waals surface area contributed by atoms with Crippen LogP contribution < -0.4 is 4.90 Å². The lowest BCUT2D eigenvalue weighted by atomic mass is 10.2. The van der Waals surface area contributed by atoms with Gasteiger partial charge in [0.05, 0.1) is 10.0 Å². The van der Waals surface area contributed by atoms with Crippen molar-refractivity contribution in [2.24, 2.45) is 0 Å². The fourth-order valence-electron chi connectivity index (χ4n) is 2.88. The van der Waals surface area contributed by atoms with Gasteiger partial charge in [0.2, 0.25) is 0 Å². The van der Waals surface area contributed by atoms with Crippen LogP contribution in [0.15, 0.2) is 53.0 Å². The highest BCUT2D eigenvalue weighted by Crippen LogP contribution is 2.29. The molecule has 10 heteroatoms. The van der Waals surface area contributed by atoms with Gasteiger partial charge in [-0.25, -0.2) is 8.42 Å². The van der Waals surface area contributed by atoms with E-state index in [0.717, 1.165) is 28.4 Å². The Morgan fingerprint density at radius 1 is 1.00 bits per heavy atom. The number of piperazine rings is 1.